The van der Waals surface area contributed by atoms with Crippen molar-refractivity contribution in [2.45, 2.75) is 43.8 Å². The molecule has 0 heterocycles. The lowest BCUT2D eigenvalue weighted by Gasteiger charge is -2.17. The molecule has 1 aliphatic rings. The average Bonchev–Trinajstić information content (AvgIpc) is 2.89. The normalized spacial score (nSPS) is 18.9. The van der Waals surface area contributed by atoms with Gasteiger partial charge in [-0.25, -0.2) is 4.21 Å². The molecule has 1 aliphatic carbocycles. The largest absolute Gasteiger partial charge is 0.481 e. The predicted molar refractivity (Wildman–Crippen MR) is 77.9 cm³/mol. The minimum Gasteiger partial charge on any atom is -0.481 e. The van der Waals surface area contributed by atoms with Gasteiger partial charge in [0.25, 0.3) is 0 Å². The zero-order chi connectivity index (χ0) is 14.5. The third kappa shape index (κ3) is 4.15. The fourth-order valence-corrected chi connectivity index (χ4v) is 3.43. The van der Waals surface area contributed by atoms with E-state index in [1.54, 1.807) is 24.3 Å². The molecule has 4 nitrogen and oxygen atoms in total. The van der Waals surface area contributed by atoms with Crippen LogP contribution in [0.2, 0.25) is 0 Å². The summed E-state index contributed by atoms with van der Waals surface area (Å²) >= 11 is -1.86. The zero-order valence-corrected chi connectivity index (χ0v) is 12.1. The van der Waals surface area contributed by atoms with Gasteiger partial charge < -0.3 is 9.66 Å². The maximum Gasteiger partial charge on any atom is 0.310 e. The highest BCUT2D eigenvalue weighted by Gasteiger charge is 2.26. The van der Waals surface area contributed by atoms with E-state index < -0.39 is 23.0 Å². The predicted octanol–water partition coefficient (Wildman–Crippen LogP) is 3.16. The van der Waals surface area contributed by atoms with Gasteiger partial charge in [-0.15, -0.1) is 0 Å². The second-order valence-electron chi connectivity index (χ2n) is 5.48. The number of carboxylic acid groups (broad SMARTS) is 1. The number of aliphatic carboxylic acids is 1. The lowest BCUT2D eigenvalue weighted by Crippen LogP contribution is -2.15. The summed E-state index contributed by atoms with van der Waals surface area (Å²) in [6.07, 6.45) is 5.37. The Balaban J connectivity index is 2.08. The Labute approximate surface area is 121 Å². The van der Waals surface area contributed by atoms with Crippen LogP contribution >= 0.6 is 0 Å². The van der Waals surface area contributed by atoms with Crippen molar-refractivity contribution in [3.05, 3.63) is 35.4 Å². The molecule has 1 aromatic carbocycles. The van der Waals surface area contributed by atoms with Gasteiger partial charge in [-0.3, -0.25) is 4.79 Å². The van der Waals surface area contributed by atoms with Gasteiger partial charge in [0.1, 0.15) is 0 Å². The molecule has 1 fully saturated rings. The highest BCUT2D eigenvalue weighted by Crippen LogP contribution is 2.34. The Morgan fingerprint density at radius 2 is 1.85 bits per heavy atom. The summed E-state index contributed by atoms with van der Waals surface area (Å²) in [5.74, 6) is -0.649. The molecule has 1 saturated carbocycles. The lowest BCUT2D eigenvalue weighted by molar-refractivity contribution is -0.139. The summed E-state index contributed by atoms with van der Waals surface area (Å²) in [5, 5.41) is 9.41. The molecule has 0 aromatic heterocycles. The van der Waals surface area contributed by atoms with E-state index in [2.05, 4.69) is 0 Å². The van der Waals surface area contributed by atoms with Crippen molar-refractivity contribution in [3.8, 4) is 0 Å². The van der Waals surface area contributed by atoms with E-state index in [1.807, 2.05) is 0 Å². The third-order valence-corrected chi connectivity index (χ3v) is 4.59. The molecule has 0 spiro atoms. The van der Waals surface area contributed by atoms with Crippen LogP contribution in [0.1, 0.15) is 49.1 Å². The van der Waals surface area contributed by atoms with E-state index in [-0.39, 0.29) is 5.75 Å². The maximum absolute atomic E-state index is 11.5. The molecule has 5 heteroatoms. The monoisotopic (exact) mass is 296 g/mol. The minimum atomic E-state index is -1.86. The van der Waals surface area contributed by atoms with Crippen LogP contribution in [0.25, 0.3) is 0 Å². The summed E-state index contributed by atoms with van der Waals surface area (Å²) < 4.78 is 19.6. The van der Waals surface area contributed by atoms with Crippen LogP contribution in [-0.4, -0.2) is 19.8 Å². The Morgan fingerprint density at radius 1 is 1.25 bits per heavy atom. The molecule has 2 atom stereocenters. The smallest absolute Gasteiger partial charge is 0.310 e. The van der Waals surface area contributed by atoms with Gasteiger partial charge >= 0.3 is 5.97 Å². The number of rotatable bonds is 6. The quantitative estimate of drug-likeness (QED) is 0.791. The molecular weight excluding hydrogens is 276 g/mol. The van der Waals surface area contributed by atoms with Gasteiger partial charge in [-0.1, -0.05) is 49.9 Å². The molecule has 0 aliphatic heterocycles. The Kier molecular flexibility index (Phi) is 5.31. The number of hydrogen-bond donors (Lipinski definition) is 2. The highest BCUT2D eigenvalue weighted by atomic mass is 32.2. The van der Waals surface area contributed by atoms with Crippen molar-refractivity contribution < 1.29 is 18.7 Å². The molecule has 20 heavy (non-hydrogen) atoms. The Hall–Kier alpha value is -1.20. The molecule has 110 valence electrons. The van der Waals surface area contributed by atoms with E-state index in [4.69, 9.17) is 4.55 Å². The fourth-order valence-electron chi connectivity index (χ4n) is 2.95. The molecular formula is C15H20O4S. The molecule has 0 saturated heterocycles. The lowest BCUT2D eigenvalue weighted by atomic mass is 9.88. The van der Waals surface area contributed by atoms with Crippen LogP contribution in [0.15, 0.2) is 24.3 Å². The first-order chi connectivity index (χ1) is 9.56. The number of hydrogen-bond acceptors (Lipinski definition) is 2. The first-order valence-electron chi connectivity index (χ1n) is 6.95. The van der Waals surface area contributed by atoms with Crippen molar-refractivity contribution in [2.75, 3.05) is 0 Å². The SMILES string of the molecule is O=C(O)C(CC1CCCC1)c1ccc(CS(=O)O)cc1. The minimum absolute atomic E-state index is 0.0840. The van der Waals surface area contributed by atoms with E-state index in [0.717, 1.165) is 24.0 Å². The van der Waals surface area contributed by atoms with Crippen LogP contribution in [0.4, 0.5) is 0 Å². The second-order valence-corrected chi connectivity index (χ2v) is 6.42. The van der Waals surface area contributed by atoms with Gasteiger partial charge in [0, 0.05) is 0 Å². The van der Waals surface area contributed by atoms with Crippen molar-refractivity contribution in [1.29, 1.82) is 0 Å². The second kappa shape index (κ2) is 6.99. The fraction of sp³-hybridized carbons (Fsp3) is 0.533. The molecule has 2 unspecified atom stereocenters. The van der Waals surface area contributed by atoms with Gasteiger partial charge in [-0.2, -0.15) is 0 Å². The number of carbonyl (C=O) groups is 1. The van der Waals surface area contributed by atoms with Crippen LogP contribution in [-0.2, 0) is 21.6 Å². The van der Waals surface area contributed by atoms with Gasteiger partial charge in [0.05, 0.1) is 11.7 Å². The summed E-state index contributed by atoms with van der Waals surface area (Å²) in [7, 11) is 0. The van der Waals surface area contributed by atoms with Gasteiger partial charge in [-0.05, 0) is 23.5 Å². The molecule has 0 bridgehead atoms. The van der Waals surface area contributed by atoms with Crippen LogP contribution in [0, 0.1) is 5.92 Å². The molecule has 1 aromatic rings. The number of carboxylic acids is 1. The maximum atomic E-state index is 11.5. The van der Waals surface area contributed by atoms with Crippen molar-refractivity contribution in [1.82, 2.24) is 0 Å². The molecule has 2 N–H and O–H groups in total. The van der Waals surface area contributed by atoms with E-state index in [9.17, 15) is 14.1 Å². The number of benzene rings is 1. The molecule has 0 radical (unpaired) electrons. The summed E-state index contributed by atoms with van der Waals surface area (Å²) in [5.41, 5.74) is 1.54. The molecule has 0 amide bonds. The van der Waals surface area contributed by atoms with Gasteiger partial charge in [0.15, 0.2) is 11.1 Å². The topological polar surface area (TPSA) is 74.6 Å². The molecule has 2 rings (SSSR count). The Bertz CT molecular complexity index is 477. The van der Waals surface area contributed by atoms with E-state index in [1.165, 1.54) is 12.8 Å². The van der Waals surface area contributed by atoms with Crippen LogP contribution in [0.5, 0.6) is 0 Å². The first kappa shape index (κ1) is 15.2. The van der Waals surface area contributed by atoms with E-state index >= 15 is 0 Å². The summed E-state index contributed by atoms with van der Waals surface area (Å²) in [4.78, 5) is 11.5. The van der Waals surface area contributed by atoms with Gasteiger partial charge in [0.2, 0.25) is 0 Å². The van der Waals surface area contributed by atoms with Crippen molar-refractivity contribution >= 4 is 17.0 Å². The van der Waals surface area contributed by atoms with Crippen molar-refractivity contribution in [3.63, 3.8) is 0 Å². The standard InChI is InChI=1S/C15H20O4S/c16-15(17)14(9-11-3-1-2-4-11)13-7-5-12(6-8-13)10-20(18)19/h5-8,11,14H,1-4,9-10H2,(H,16,17)(H,18,19). The third-order valence-electron chi connectivity index (χ3n) is 4.01. The summed E-state index contributed by atoms with van der Waals surface area (Å²) in [6, 6.07) is 7.04. The van der Waals surface area contributed by atoms with Crippen LogP contribution < -0.4 is 0 Å². The Morgan fingerprint density at radius 3 is 2.35 bits per heavy atom. The summed E-state index contributed by atoms with van der Waals surface area (Å²) in [6.45, 7) is 0. The van der Waals surface area contributed by atoms with Crippen molar-refractivity contribution in [2.24, 2.45) is 5.92 Å². The van der Waals surface area contributed by atoms with E-state index in [0.29, 0.717) is 12.3 Å². The average molecular weight is 296 g/mol. The zero-order valence-electron chi connectivity index (χ0n) is 11.3. The highest BCUT2D eigenvalue weighted by molar-refractivity contribution is 7.78. The first-order valence-corrected chi connectivity index (χ1v) is 8.23. The van der Waals surface area contributed by atoms with Crippen LogP contribution in [0.3, 0.4) is 0 Å².